The van der Waals surface area contributed by atoms with E-state index >= 15 is 8.78 Å². The van der Waals surface area contributed by atoms with Crippen molar-refractivity contribution in [2.45, 2.75) is 64.4 Å². The third-order valence-electron chi connectivity index (χ3n) is 6.90. The fraction of sp³-hybridized carbons (Fsp3) is 0.387. The van der Waals surface area contributed by atoms with Gasteiger partial charge >= 0.3 is 5.97 Å². The lowest BCUT2D eigenvalue weighted by molar-refractivity contribution is 0.0193. The number of hydrogen-bond acceptors (Lipinski definition) is 4. The second-order valence-electron chi connectivity index (χ2n) is 9.51. The van der Waals surface area contributed by atoms with Crippen molar-refractivity contribution in [3.63, 3.8) is 0 Å². The number of esters is 1. The van der Waals surface area contributed by atoms with E-state index in [0.717, 1.165) is 18.9 Å². The highest BCUT2D eigenvalue weighted by atomic mass is 19.2. The second-order valence-corrected chi connectivity index (χ2v) is 9.51. The van der Waals surface area contributed by atoms with E-state index in [1.807, 2.05) is 0 Å². The molecule has 0 unspecified atom stereocenters. The molecule has 38 heavy (non-hydrogen) atoms. The Hall–Kier alpha value is -3.48. The van der Waals surface area contributed by atoms with Gasteiger partial charge < -0.3 is 14.2 Å². The van der Waals surface area contributed by atoms with Gasteiger partial charge in [-0.15, -0.1) is 0 Å². The fourth-order valence-electron chi connectivity index (χ4n) is 4.78. The third-order valence-corrected chi connectivity index (χ3v) is 6.90. The quantitative estimate of drug-likeness (QED) is 0.197. The molecule has 4 rings (SSSR count). The second kappa shape index (κ2) is 12.9. The SMILES string of the molecule is CCCCOc1ccc(-c2ccc(C3CCC(OC(=O)c4ccc(OCC)c(F)c4)CC3)c(F)c2F)cc1. The first-order valence-electron chi connectivity index (χ1n) is 13.3. The summed E-state index contributed by atoms with van der Waals surface area (Å²) in [5.41, 5.74) is 1.23. The zero-order chi connectivity index (χ0) is 27.1. The molecule has 0 bridgehead atoms. The minimum atomic E-state index is -0.867. The number of rotatable bonds is 10. The lowest BCUT2D eigenvalue weighted by atomic mass is 9.82. The van der Waals surface area contributed by atoms with E-state index in [1.165, 1.54) is 12.1 Å². The molecule has 0 aliphatic heterocycles. The van der Waals surface area contributed by atoms with E-state index in [0.29, 0.717) is 55.8 Å². The molecule has 0 aromatic heterocycles. The van der Waals surface area contributed by atoms with Gasteiger partial charge in [0.2, 0.25) is 0 Å². The van der Waals surface area contributed by atoms with Crippen LogP contribution in [0, 0.1) is 17.5 Å². The maximum atomic E-state index is 15.1. The summed E-state index contributed by atoms with van der Waals surface area (Å²) in [6.45, 7) is 4.77. The number of carbonyl (C=O) groups is 1. The Morgan fingerprint density at radius 2 is 1.61 bits per heavy atom. The summed E-state index contributed by atoms with van der Waals surface area (Å²) in [5.74, 6) is -2.33. The normalized spacial score (nSPS) is 17.2. The number of benzene rings is 3. The largest absolute Gasteiger partial charge is 0.494 e. The summed E-state index contributed by atoms with van der Waals surface area (Å²) in [7, 11) is 0. The minimum Gasteiger partial charge on any atom is -0.494 e. The minimum absolute atomic E-state index is 0.0817. The molecule has 0 amide bonds. The lowest BCUT2D eigenvalue weighted by Crippen LogP contribution is -2.24. The summed E-state index contributed by atoms with van der Waals surface area (Å²) in [4.78, 5) is 12.5. The zero-order valence-electron chi connectivity index (χ0n) is 21.8. The summed E-state index contributed by atoms with van der Waals surface area (Å²) in [5, 5.41) is 0. The van der Waals surface area contributed by atoms with Crippen molar-refractivity contribution in [1.29, 1.82) is 0 Å². The molecule has 3 aromatic carbocycles. The molecule has 3 aromatic rings. The highest BCUT2D eigenvalue weighted by Crippen LogP contribution is 2.38. The summed E-state index contributed by atoms with van der Waals surface area (Å²) in [6, 6.07) is 14.2. The van der Waals surface area contributed by atoms with Gasteiger partial charge in [-0.3, -0.25) is 0 Å². The van der Waals surface area contributed by atoms with E-state index < -0.39 is 23.4 Å². The fourth-order valence-corrected chi connectivity index (χ4v) is 4.78. The van der Waals surface area contributed by atoms with Gasteiger partial charge in [-0.25, -0.2) is 18.0 Å². The van der Waals surface area contributed by atoms with Crippen LogP contribution < -0.4 is 9.47 Å². The zero-order valence-corrected chi connectivity index (χ0v) is 21.8. The van der Waals surface area contributed by atoms with Crippen molar-refractivity contribution >= 4 is 5.97 Å². The van der Waals surface area contributed by atoms with Crippen LogP contribution in [0.5, 0.6) is 11.5 Å². The first-order chi connectivity index (χ1) is 18.4. The van der Waals surface area contributed by atoms with E-state index in [1.54, 1.807) is 43.3 Å². The van der Waals surface area contributed by atoms with Crippen molar-refractivity contribution in [2.24, 2.45) is 0 Å². The lowest BCUT2D eigenvalue weighted by Gasteiger charge is -2.29. The standard InChI is InChI=1S/C31H33F3O4/c1-3-5-18-37-23-11-6-20(7-12-23)25-15-16-26(30(34)29(25)33)21-8-13-24(14-9-21)38-31(35)22-10-17-28(36-4-2)27(32)19-22/h6-7,10-12,15-17,19,21,24H,3-5,8-9,13-14,18H2,1-2H3. The Morgan fingerprint density at radius 1 is 0.868 bits per heavy atom. The Morgan fingerprint density at radius 3 is 2.26 bits per heavy atom. The van der Waals surface area contributed by atoms with Crippen molar-refractivity contribution in [1.82, 2.24) is 0 Å². The molecule has 7 heteroatoms. The molecule has 0 N–H and O–H groups in total. The molecule has 1 aliphatic rings. The predicted octanol–water partition coefficient (Wildman–Crippen LogP) is 8.23. The molecule has 0 spiro atoms. The summed E-state index contributed by atoms with van der Waals surface area (Å²) in [6.07, 6.45) is 3.75. The number of carbonyl (C=O) groups excluding carboxylic acids is 1. The number of halogens is 3. The average Bonchev–Trinajstić information content (AvgIpc) is 2.92. The summed E-state index contributed by atoms with van der Waals surface area (Å²) < 4.78 is 60.7. The van der Waals surface area contributed by atoms with Gasteiger partial charge in [-0.1, -0.05) is 37.6 Å². The van der Waals surface area contributed by atoms with Gasteiger partial charge in [-0.05, 0) is 86.4 Å². The van der Waals surface area contributed by atoms with Crippen LogP contribution in [0.2, 0.25) is 0 Å². The van der Waals surface area contributed by atoms with Gasteiger partial charge in [0.1, 0.15) is 11.9 Å². The van der Waals surface area contributed by atoms with Crippen LogP contribution >= 0.6 is 0 Å². The van der Waals surface area contributed by atoms with Crippen LogP contribution in [0.3, 0.4) is 0 Å². The molecule has 0 atom stereocenters. The number of ether oxygens (including phenoxy) is 3. The van der Waals surface area contributed by atoms with Crippen molar-refractivity contribution in [3.05, 3.63) is 83.2 Å². The van der Waals surface area contributed by atoms with Crippen LogP contribution in [0.25, 0.3) is 11.1 Å². The average molecular weight is 527 g/mol. The maximum absolute atomic E-state index is 15.1. The van der Waals surface area contributed by atoms with Crippen LogP contribution in [-0.2, 0) is 4.74 Å². The van der Waals surface area contributed by atoms with Crippen LogP contribution in [0.15, 0.2) is 54.6 Å². The molecule has 0 radical (unpaired) electrons. The Kier molecular flexibility index (Phi) is 9.32. The summed E-state index contributed by atoms with van der Waals surface area (Å²) >= 11 is 0. The molecular weight excluding hydrogens is 493 g/mol. The molecule has 0 saturated heterocycles. The van der Waals surface area contributed by atoms with Gasteiger partial charge in [0.05, 0.1) is 18.8 Å². The Labute approximate surface area is 221 Å². The first-order valence-corrected chi connectivity index (χ1v) is 13.3. The van der Waals surface area contributed by atoms with E-state index in [9.17, 15) is 9.18 Å². The number of hydrogen-bond donors (Lipinski definition) is 0. The molecule has 1 fully saturated rings. The topological polar surface area (TPSA) is 44.8 Å². The molecule has 4 nitrogen and oxygen atoms in total. The molecule has 202 valence electrons. The molecule has 1 aliphatic carbocycles. The monoisotopic (exact) mass is 526 g/mol. The Balaban J connectivity index is 1.36. The maximum Gasteiger partial charge on any atom is 0.338 e. The van der Waals surface area contributed by atoms with Crippen LogP contribution in [-0.4, -0.2) is 25.3 Å². The van der Waals surface area contributed by atoms with Gasteiger partial charge in [0.25, 0.3) is 0 Å². The van der Waals surface area contributed by atoms with Crippen LogP contribution in [0.4, 0.5) is 13.2 Å². The van der Waals surface area contributed by atoms with Crippen molar-refractivity contribution in [2.75, 3.05) is 13.2 Å². The van der Waals surface area contributed by atoms with Gasteiger partial charge in [0, 0.05) is 5.56 Å². The molecule has 1 saturated carbocycles. The highest BCUT2D eigenvalue weighted by molar-refractivity contribution is 5.89. The highest BCUT2D eigenvalue weighted by Gasteiger charge is 2.28. The van der Waals surface area contributed by atoms with Crippen LogP contribution in [0.1, 0.15) is 74.2 Å². The first kappa shape index (κ1) is 27.6. The van der Waals surface area contributed by atoms with E-state index in [4.69, 9.17) is 14.2 Å². The molecule has 0 heterocycles. The predicted molar refractivity (Wildman–Crippen MR) is 140 cm³/mol. The smallest absolute Gasteiger partial charge is 0.338 e. The van der Waals surface area contributed by atoms with E-state index in [2.05, 4.69) is 6.92 Å². The third kappa shape index (κ3) is 6.50. The van der Waals surface area contributed by atoms with Gasteiger partial charge in [0.15, 0.2) is 23.2 Å². The Bertz CT molecular complexity index is 1230. The number of unbranched alkanes of at least 4 members (excludes halogenated alkanes) is 1. The van der Waals surface area contributed by atoms with Crippen molar-refractivity contribution < 1.29 is 32.2 Å². The van der Waals surface area contributed by atoms with Gasteiger partial charge in [-0.2, -0.15) is 0 Å². The van der Waals surface area contributed by atoms with Crippen molar-refractivity contribution in [3.8, 4) is 22.6 Å². The molecular formula is C31H33F3O4. The van der Waals surface area contributed by atoms with E-state index in [-0.39, 0.29) is 28.9 Å².